The average molecular weight is 606 g/mol. The third-order valence-corrected chi connectivity index (χ3v) is 11.6. The molecule has 0 spiro atoms. The van der Waals surface area contributed by atoms with Gasteiger partial charge in [0.2, 0.25) is 5.91 Å². The van der Waals surface area contributed by atoms with E-state index >= 15 is 8.78 Å². The number of nitrogens with zero attached hydrogens (tertiary/aromatic N) is 3. The molecule has 0 aromatic rings. The zero-order valence-electron chi connectivity index (χ0n) is 26.2. The van der Waals surface area contributed by atoms with Crippen LogP contribution in [0.4, 0.5) is 13.6 Å². The molecule has 3 amide bonds. The summed E-state index contributed by atoms with van der Waals surface area (Å²) in [7, 11) is 0. The lowest BCUT2D eigenvalue weighted by atomic mass is 9.71. The number of halogens is 2. The van der Waals surface area contributed by atoms with Gasteiger partial charge in [-0.2, -0.15) is 0 Å². The minimum absolute atomic E-state index is 0.0220. The smallest absolute Gasteiger partial charge is 0.320 e. The minimum Gasteiger partial charge on any atom is -0.336 e. The van der Waals surface area contributed by atoms with Crippen molar-refractivity contribution in [3.63, 3.8) is 0 Å². The predicted octanol–water partition coefficient (Wildman–Crippen LogP) is 2.59. The predicted molar refractivity (Wildman–Crippen MR) is 163 cm³/mol. The van der Waals surface area contributed by atoms with Crippen LogP contribution in [0.3, 0.4) is 0 Å². The Kier molecular flexibility index (Phi) is 9.34. The van der Waals surface area contributed by atoms with E-state index in [4.69, 9.17) is 0 Å². The van der Waals surface area contributed by atoms with Crippen LogP contribution < -0.4 is 21.3 Å². The van der Waals surface area contributed by atoms with Crippen molar-refractivity contribution < 1.29 is 18.4 Å². The molecule has 5 heterocycles. The fourth-order valence-electron chi connectivity index (χ4n) is 9.60. The van der Waals surface area contributed by atoms with E-state index in [2.05, 4.69) is 53.5 Å². The lowest BCUT2D eigenvalue weighted by Crippen LogP contribution is -2.80. The zero-order valence-corrected chi connectivity index (χ0v) is 26.2. The molecule has 6 rings (SSSR count). The largest absolute Gasteiger partial charge is 0.336 e. The first-order valence-corrected chi connectivity index (χ1v) is 17.0. The number of hydrogen-bond donors (Lipinski definition) is 4. The van der Waals surface area contributed by atoms with Gasteiger partial charge in [0, 0.05) is 55.6 Å². The van der Waals surface area contributed by atoms with Crippen LogP contribution in [0.1, 0.15) is 65.7 Å². The molecule has 12 atom stereocenters. The van der Waals surface area contributed by atoms with Crippen molar-refractivity contribution in [2.24, 2.45) is 23.7 Å². The molecular formula is C32H53F2N7O2. The Morgan fingerprint density at radius 3 is 2.58 bits per heavy atom. The third kappa shape index (κ3) is 5.84. The van der Waals surface area contributed by atoms with Gasteiger partial charge < -0.3 is 25.8 Å². The van der Waals surface area contributed by atoms with E-state index in [-0.39, 0.29) is 54.6 Å². The Morgan fingerprint density at radius 1 is 1.02 bits per heavy atom. The van der Waals surface area contributed by atoms with Gasteiger partial charge in [0.25, 0.3) is 0 Å². The summed E-state index contributed by atoms with van der Waals surface area (Å²) < 4.78 is 32.3. The first kappa shape index (κ1) is 31.2. The van der Waals surface area contributed by atoms with Crippen LogP contribution in [0.2, 0.25) is 0 Å². The zero-order chi connectivity index (χ0) is 30.4. The number of amides is 3. The van der Waals surface area contributed by atoms with Crippen LogP contribution >= 0.6 is 0 Å². The molecule has 0 radical (unpaired) electrons. The van der Waals surface area contributed by atoms with Gasteiger partial charge in [0.15, 0.2) is 0 Å². The molecule has 242 valence electrons. The van der Waals surface area contributed by atoms with E-state index in [1.54, 1.807) is 4.90 Å². The normalized spacial score (nSPS) is 44.4. The standard InChI is InChI=1S/C32H53F2N7O2/c1-5-25(42)39-14-15-40(19(4)17-39)30-21-16-23(34)28-26-22(33)9-6-10-24(26)35-12-7-8-20-11-13-36-27(18(2)3)29(20)41(31(21)37-28)32(43)38-30/h5,18-24,26-31,35-37H,1,6-17H2,2-4H3,(H,38,43)/t19-,20?,21?,22?,23?,24?,26?,27?,28?,29?,30?,31?/m0/s1. The molecule has 43 heavy (non-hydrogen) atoms. The maximum absolute atomic E-state index is 16.5. The van der Waals surface area contributed by atoms with E-state index in [0.717, 1.165) is 45.2 Å². The van der Waals surface area contributed by atoms with Crippen molar-refractivity contribution in [1.29, 1.82) is 0 Å². The van der Waals surface area contributed by atoms with Crippen molar-refractivity contribution in [2.75, 3.05) is 32.7 Å². The third-order valence-electron chi connectivity index (χ3n) is 11.6. The molecule has 6 aliphatic rings. The Balaban J connectivity index is 1.37. The second-order valence-corrected chi connectivity index (χ2v) is 14.4. The molecule has 6 fully saturated rings. The fraction of sp³-hybridized carbons (Fsp3) is 0.875. The van der Waals surface area contributed by atoms with Crippen LogP contribution in [-0.2, 0) is 4.79 Å². The highest BCUT2D eigenvalue weighted by Crippen LogP contribution is 2.43. The molecule has 11 heteroatoms. The van der Waals surface area contributed by atoms with Crippen molar-refractivity contribution in [2.45, 2.75) is 121 Å². The Morgan fingerprint density at radius 2 is 1.84 bits per heavy atom. The quantitative estimate of drug-likeness (QED) is 0.370. The summed E-state index contributed by atoms with van der Waals surface area (Å²) in [6.45, 7) is 13.5. The molecule has 5 aliphatic heterocycles. The number of nitrogens with one attached hydrogen (secondary N) is 4. The van der Waals surface area contributed by atoms with Gasteiger partial charge >= 0.3 is 6.03 Å². The molecule has 11 unspecified atom stereocenters. The summed E-state index contributed by atoms with van der Waals surface area (Å²) >= 11 is 0. The number of urea groups is 1. The summed E-state index contributed by atoms with van der Waals surface area (Å²) in [5.74, 6) is -0.153. The van der Waals surface area contributed by atoms with Crippen molar-refractivity contribution in [3.05, 3.63) is 12.7 Å². The molecule has 2 bridgehead atoms. The van der Waals surface area contributed by atoms with Gasteiger partial charge in [-0.05, 0) is 82.9 Å². The molecule has 0 aromatic carbocycles. The van der Waals surface area contributed by atoms with Crippen LogP contribution in [-0.4, -0.2) is 114 Å². The van der Waals surface area contributed by atoms with Crippen LogP contribution in [0, 0.1) is 23.7 Å². The van der Waals surface area contributed by atoms with E-state index in [1.807, 2.05) is 4.90 Å². The highest BCUT2D eigenvalue weighted by atomic mass is 19.1. The number of rotatable bonds is 3. The molecular weight excluding hydrogens is 552 g/mol. The molecule has 4 N–H and O–H groups in total. The van der Waals surface area contributed by atoms with Crippen LogP contribution in [0.15, 0.2) is 12.7 Å². The van der Waals surface area contributed by atoms with Gasteiger partial charge in [-0.15, -0.1) is 0 Å². The summed E-state index contributed by atoms with van der Waals surface area (Å²) in [5.41, 5.74) is 0. The molecule has 0 aromatic heterocycles. The van der Waals surface area contributed by atoms with Crippen LogP contribution in [0.25, 0.3) is 0 Å². The van der Waals surface area contributed by atoms with Crippen molar-refractivity contribution in [1.82, 2.24) is 36.0 Å². The molecule has 9 nitrogen and oxygen atoms in total. The SMILES string of the molecule is C=CC(=O)N1CCN(C2NC(=O)N3C4NC(C(F)CC42)C2C(F)CCCC2NCCCC2CCNC(C(C)C)C23)[C@@H](C)C1. The monoisotopic (exact) mass is 605 g/mol. The van der Waals surface area contributed by atoms with Gasteiger partial charge in [-0.3, -0.25) is 15.0 Å². The van der Waals surface area contributed by atoms with E-state index < -0.39 is 30.5 Å². The number of hydrogen-bond acceptors (Lipinski definition) is 6. The summed E-state index contributed by atoms with van der Waals surface area (Å²) in [4.78, 5) is 32.8. The number of carbonyl (C=O) groups excluding carboxylic acids is 2. The molecule has 1 aliphatic carbocycles. The van der Waals surface area contributed by atoms with Gasteiger partial charge in [-0.1, -0.05) is 20.4 Å². The van der Waals surface area contributed by atoms with Crippen LogP contribution in [0.5, 0.6) is 0 Å². The van der Waals surface area contributed by atoms with Crippen molar-refractivity contribution >= 4 is 11.9 Å². The topological polar surface area (TPSA) is 92.0 Å². The van der Waals surface area contributed by atoms with Gasteiger partial charge in [-0.25, -0.2) is 13.6 Å². The lowest BCUT2D eigenvalue weighted by molar-refractivity contribution is -0.132. The molecule has 1 saturated carbocycles. The van der Waals surface area contributed by atoms with Gasteiger partial charge in [0.05, 0.1) is 18.4 Å². The van der Waals surface area contributed by atoms with Gasteiger partial charge in [0.1, 0.15) is 12.3 Å². The number of fused-ring (bicyclic) bond motifs is 5. The highest BCUT2D eigenvalue weighted by Gasteiger charge is 2.57. The maximum atomic E-state index is 16.5. The Bertz CT molecular complexity index is 1030. The number of piperidine rings is 2. The van der Waals surface area contributed by atoms with E-state index in [1.165, 1.54) is 6.08 Å². The lowest BCUT2D eigenvalue weighted by Gasteiger charge is -2.60. The summed E-state index contributed by atoms with van der Waals surface area (Å²) in [5, 5.41) is 14.4. The second-order valence-electron chi connectivity index (χ2n) is 14.4. The van der Waals surface area contributed by atoms with Crippen molar-refractivity contribution in [3.8, 4) is 0 Å². The average Bonchev–Trinajstić information content (AvgIpc) is 2.98. The first-order valence-electron chi connectivity index (χ1n) is 17.0. The molecule has 5 saturated heterocycles. The maximum Gasteiger partial charge on any atom is 0.320 e. The minimum atomic E-state index is -1.23. The van der Waals surface area contributed by atoms with E-state index in [0.29, 0.717) is 37.9 Å². The number of alkyl halides is 2. The number of carbonyl (C=O) groups is 2. The Labute approximate surface area is 255 Å². The number of piperazine rings is 1. The summed E-state index contributed by atoms with van der Waals surface area (Å²) in [6, 6.07) is -0.804. The fourth-order valence-corrected chi connectivity index (χ4v) is 9.60. The first-order chi connectivity index (χ1) is 20.7. The Hall–Kier alpha value is -1.82. The van der Waals surface area contributed by atoms with E-state index in [9.17, 15) is 9.59 Å². The second kappa shape index (κ2) is 12.9. The highest BCUT2D eigenvalue weighted by molar-refractivity contribution is 5.87. The summed E-state index contributed by atoms with van der Waals surface area (Å²) in [6.07, 6.45) is 3.59.